The number of piperidine rings is 1. The molecule has 0 spiro atoms. The molecule has 1 aliphatic carbocycles. The van der Waals surface area contributed by atoms with E-state index in [-0.39, 0.29) is 0 Å². The smallest absolute Gasteiger partial charge is 0.0887 e. The van der Waals surface area contributed by atoms with Crippen LogP contribution in [0.25, 0.3) is 0 Å². The molecule has 82 valence electrons. The van der Waals surface area contributed by atoms with Crippen LogP contribution in [0.5, 0.6) is 0 Å². The Balaban J connectivity index is 2.11. The van der Waals surface area contributed by atoms with Gasteiger partial charge < -0.3 is 10.0 Å². The van der Waals surface area contributed by atoms with Gasteiger partial charge in [-0.1, -0.05) is 30.4 Å². The summed E-state index contributed by atoms with van der Waals surface area (Å²) in [6.07, 6.45) is 12.9. The highest BCUT2D eigenvalue weighted by Crippen LogP contribution is 2.32. The summed E-state index contributed by atoms with van der Waals surface area (Å²) in [5.74, 6) is 0. The lowest BCUT2D eigenvalue weighted by Gasteiger charge is -2.38. The minimum absolute atomic E-state index is 0.564. The third-order valence-corrected chi connectivity index (χ3v) is 3.41. The van der Waals surface area contributed by atoms with E-state index >= 15 is 0 Å². The van der Waals surface area contributed by atoms with Crippen molar-refractivity contribution in [1.29, 1.82) is 0 Å². The molecule has 1 fully saturated rings. The molecule has 2 rings (SSSR count). The molecular formula is C13H19NO. The molecule has 2 heteroatoms. The Morgan fingerprint density at radius 1 is 1.20 bits per heavy atom. The Kier molecular flexibility index (Phi) is 3.08. The molecule has 0 aromatic heterocycles. The molecule has 0 aromatic carbocycles. The number of rotatable bonds is 1. The normalized spacial score (nSPS) is 26.1. The van der Waals surface area contributed by atoms with Crippen molar-refractivity contribution in [2.24, 2.45) is 0 Å². The van der Waals surface area contributed by atoms with Crippen molar-refractivity contribution >= 4 is 0 Å². The quantitative estimate of drug-likeness (QED) is 0.706. The Morgan fingerprint density at radius 3 is 2.67 bits per heavy atom. The van der Waals surface area contributed by atoms with Gasteiger partial charge in [0.05, 0.1) is 5.60 Å². The fraction of sp³-hybridized carbons (Fsp3) is 0.538. The Morgan fingerprint density at radius 2 is 1.93 bits per heavy atom. The minimum atomic E-state index is -0.564. The third kappa shape index (κ3) is 2.39. The first-order valence-corrected chi connectivity index (χ1v) is 5.64. The number of hydrogen-bond donors (Lipinski definition) is 1. The van der Waals surface area contributed by atoms with Crippen LogP contribution < -0.4 is 0 Å². The van der Waals surface area contributed by atoms with Crippen LogP contribution in [0.15, 0.2) is 36.0 Å². The molecule has 2 nitrogen and oxygen atoms in total. The second-order valence-electron chi connectivity index (χ2n) is 4.54. The molecule has 0 amide bonds. The standard InChI is InChI=1S/C13H19NO/c1-14-10-8-13(15,9-11-14)12-6-4-2-3-5-7-12/h2-6,15H,7-11H2,1H3. The van der Waals surface area contributed by atoms with E-state index in [1.54, 1.807) is 0 Å². The van der Waals surface area contributed by atoms with E-state index in [2.05, 4.69) is 24.1 Å². The third-order valence-electron chi connectivity index (χ3n) is 3.41. The van der Waals surface area contributed by atoms with Gasteiger partial charge in [-0.2, -0.15) is 0 Å². The topological polar surface area (TPSA) is 23.5 Å². The SMILES string of the molecule is CN1CCC(O)(C2=CC=CC=CC2)CC1. The predicted molar refractivity (Wildman–Crippen MR) is 62.7 cm³/mol. The maximum absolute atomic E-state index is 10.6. The van der Waals surface area contributed by atoms with E-state index in [0.717, 1.165) is 32.4 Å². The van der Waals surface area contributed by atoms with Crippen molar-refractivity contribution in [1.82, 2.24) is 4.90 Å². The highest BCUT2D eigenvalue weighted by molar-refractivity contribution is 5.29. The summed E-state index contributed by atoms with van der Waals surface area (Å²) in [5.41, 5.74) is 0.603. The lowest BCUT2D eigenvalue weighted by Crippen LogP contribution is -2.43. The van der Waals surface area contributed by atoms with Crippen LogP contribution in [-0.2, 0) is 0 Å². The van der Waals surface area contributed by atoms with Gasteiger partial charge in [0.2, 0.25) is 0 Å². The van der Waals surface area contributed by atoms with Crippen molar-refractivity contribution in [2.45, 2.75) is 24.9 Å². The van der Waals surface area contributed by atoms with Gasteiger partial charge in [-0.05, 0) is 31.9 Å². The first-order chi connectivity index (χ1) is 7.21. The van der Waals surface area contributed by atoms with E-state index in [1.165, 1.54) is 5.57 Å². The largest absolute Gasteiger partial charge is 0.385 e. The average molecular weight is 205 g/mol. The molecule has 2 aliphatic rings. The van der Waals surface area contributed by atoms with Crippen LogP contribution in [0.4, 0.5) is 0 Å². The molecule has 0 aromatic rings. The Bertz CT molecular complexity index is 306. The van der Waals surface area contributed by atoms with Gasteiger partial charge in [-0.25, -0.2) is 0 Å². The summed E-state index contributed by atoms with van der Waals surface area (Å²) in [7, 11) is 2.11. The average Bonchev–Trinajstić information content (AvgIpc) is 2.51. The molecule has 0 radical (unpaired) electrons. The van der Waals surface area contributed by atoms with Crippen LogP contribution >= 0.6 is 0 Å². The summed E-state index contributed by atoms with van der Waals surface area (Å²) >= 11 is 0. The number of nitrogens with zero attached hydrogens (tertiary/aromatic N) is 1. The summed E-state index contributed by atoms with van der Waals surface area (Å²) in [6, 6.07) is 0. The second kappa shape index (κ2) is 4.33. The van der Waals surface area contributed by atoms with Crippen LogP contribution in [0.3, 0.4) is 0 Å². The maximum Gasteiger partial charge on any atom is 0.0887 e. The molecule has 15 heavy (non-hydrogen) atoms. The van der Waals surface area contributed by atoms with Gasteiger partial charge in [0.25, 0.3) is 0 Å². The molecular weight excluding hydrogens is 186 g/mol. The monoisotopic (exact) mass is 205 g/mol. The zero-order chi connectivity index (χ0) is 10.7. The highest BCUT2D eigenvalue weighted by atomic mass is 16.3. The van der Waals surface area contributed by atoms with E-state index in [4.69, 9.17) is 0 Å². The predicted octanol–water partition coefficient (Wildman–Crippen LogP) is 1.89. The fourth-order valence-electron chi connectivity index (χ4n) is 2.23. The lowest BCUT2D eigenvalue weighted by atomic mass is 9.82. The lowest BCUT2D eigenvalue weighted by molar-refractivity contribution is 0.0148. The number of likely N-dealkylation sites (tertiary alicyclic amines) is 1. The summed E-state index contributed by atoms with van der Waals surface area (Å²) in [4.78, 5) is 2.28. The minimum Gasteiger partial charge on any atom is -0.385 e. The van der Waals surface area contributed by atoms with Crippen molar-refractivity contribution in [3.63, 3.8) is 0 Å². The van der Waals surface area contributed by atoms with Crippen LogP contribution in [-0.4, -0.2) is 35.7 Å². The molecule has 1 heterocycles. The molecule has 0 unspecified atom stereocenters. The zero-order valence-electron chi connectivity index (χ0n) is 9.32. The zero-order valence-corrected chi connectivity index (χ0v) is 9.32. The molecule has 1 aliphatic heterocycles. The van der Waals surface area contributed by atoms with Crippen LogP contribution in [0.2, 0.25) is 0 Å². The number of aliphatic hydroxyl groups is 1. The van der Waals surface area contributed by atoms with E-state index in [1.807, 2.05) is 18.2 Å². The molecule has 1 N–H and O–H groups in total. The summed E-state index contributed by atoms with van der Waals surface area (Å²) in [6.45, 7) is 1.97. The first-order valence-electron chi connectivity index (χ1n) is 5.64. The molecule has 0 bridgehead atoms. The second-order valence-corrected chi connectivity index (χ2v) is 4.54. The first kappa shape index (κ1) is 10.7. The van der Waals surface area contributed by atoms with E-state index < -0.39 is 5.60 Å². The maximum atomic E-state index is 10.6. The van der Waals surface area contributed by atoms with Gasteiger partial charge >= 0.3 is 0 Å². The van der Waals surface area contributed by atoms with Crippen molar-refractivity contribution < 1.29 is 5.11 Å². The van der Waals surface area contributed by atoms with Gasteiger partial charge in [0.1, 0.15) is 0 Å². The van der Waals surface area contributed by atoms with Gasteiger partial charge in [-0.3, -0.25) is 0 Å². The molecule has 0 atom stereocenters. The fourth-order valence-corrected chi connectivity index (χ4v) is 2.23. The van der Waals surface area contributed by atoms with E-state index in [0.29, 0.717) is 0 Å². The Hall–Kier alpha value is -0.860. The highest BCUT2D eigenvalue weighted by Gasteiger charge is 2.33. The van der Waals surface area contributed by atoms with Crippen LogP contribution in [0, 0.1) is 0 Å². The van der Waals surface area contributed by atoms with Gasteiger partial charge in [-0.15, -0.1) is 0 Å². The van der Waals surface area contributed by atoms with Gasteiger partial charge in [0.15, 0.2) is 0 Å². The molecule has 0 saturated carbocycles. The number of allylic oxidation sites excluding steroid dienone is 5. The van der Waals surface area contributed by atoms with Gasteiger partial charge in [0, 0.05) is 13.1 Å². The van der Waals surface area contributed by atoms with Crippen molar-refractivity contribution in [3.8, 4) is 0 Å². The number of hydrogen-bond acceptors (Lipinski definition) is 2. The summed E-state index contributed by atoms with van der Waals surface area (Å²) in [5, 5.41) is 10.6. The van der Waals surface area contributed by atoms with E-state index in [9.17, 15) is 5.11 Å². The van der Waals surface area contributed by atoms with Crippen LogP contribution in [0.1, 0.15) is 19.3 Å². The Labute approximate surface area is 91.6 Å². The summed E-state index contributed by atoms with van der Waals surface area (Å²) < 4.78 is 0. The molecule has 1 saturated heterocycles. The van der Waals surface area contributed by atoms with Crippen molar-refractivity contribution in [2.75, 3.05) is 20.1 Å². The van der Waals surface area contributed by atoms with Crippen molar-refractivity contribution in [3.05, 3.63) is 36.0 Å².